The minimum absolute atomic E-state index is 0.0678. The highest BCUT2D eigenvalue weighted by Crippen LogP contribution is 2.15. The average molecular weight is 228 g/mol. The van der Waals surface area contributed by atoms with Gasteiger partial charge in [-0.25, -0.2) is 9.97 Å². The number of aryl methyl sites for hydroxylation is 1. The molecule has 4 nitrogen and oxygen atoms in total. The van der Waals surface area contributed by atoms with E-state index < -0.39 is 0 Å². The Bertz CT molecular complexity index is 430. The lowest BCUT2D eigenvalue weighted by molar-refractivity contribution is 0.503. The Balaban J connectivity index is 1.97. The molecule has 0 radical (unpaired) electrons. The molecule has 3 N–H and O–H groups in total. The van der Waals surface area contributed by atoms with E-state index in [1.165, 1.54) is 5.56 Å². The molecule has 0 aliphatic rings. The van der Waals surface area contributed by atoms with E-state index in [4.69, 9.17) is 5.84 Å². The van der Waals surface area contributed by atoms with Gasteiger partial charge in [-0.3, -0.25) is 11.3 Å². The van der Waals surface area contributed by atoms with E-state index in [1.54, 1.807) is 12.5 Å². The highest BCUT2D eigenvalue weighted by molar-refractivity contribution is 5.15. The molecular weight excluding hydrogens is 212 g/mol. The summed E-state index contributed by atoms with van der Waals surface area (Å²) in [5, 5.41) is 0. The molecule has 0 amide bonds. The number of hydrogen-bond donors (Lipinski definition) is 2. The maximum atomic E-state index is 5.56. The fraction of sp³-hybridized carbons (Fsp3) is 0.231. The van der Waals surface area contributed by atoms with Crippen LogP contribution in [0.25, 0.3) is 0 Å². The Morgan fingerprint density at radius 2 is 2.00 bits per heavy atom. The number of rotatable bonds is 5. The fourth-order valence-corrected chi connectivity index (χ4v) is 1.78. The zero-order valence-corrected chi connectivity index (χ0v) is 9.58. The molecule has 1 aromatic heterocycles. The van der Waals surface area contributed by atoms with Gasteiger partial charge < -0.3 is 0 Å². The molecule has 88 valence electrons. The van der Waals surface area contributed by atoms with Crippen LogP contribution in [-0.4, -0.2) is 9.97 Å². The van der Waals surface area contributed by atoms with Gasteiger partial charge in [0.15, 0.2) is 0 Å². The van der Waals surface area contributed by atoms with Gasteiger partial charge in [0, 0.05) is 6.20 Å². The third-order valence-corrected chi connectivity index (χ3v) is 2.73. The largest absolute Gasteiger partial charge is 0.271 e. The van der Waals surface area contributed by atoms with E-state index in [9.17, 15) is 0 Å². The smallest absolute Gasteiger partial charge is 0.115 e. The van der Waals surface area contributed by atoms with Crippen LogP contribution >= 0.6 is 0 Å². The highest BCUT2D eigenvalue weighted by atomic mass is 15.2. The standard InChI is InChI=1S/C13H16N4/c14-17-13(12-8-9-15-10-16-12)7-6-11-4-2-1-3-5-11/h1-5,8-10,13,17H,6-7,14H2. The summed E-state index contributed by atoms with van der Waals surface area (Å²) in [6.45, 7) is 0. The van der Waals surface area contributed by atoms with Crippen LogP contribution in [0.4, 0.5) is 0 Å². The van der Waals surface area contributed by atoms with Crippen LogP contribution in [0.5, 0.6) is 0 Å². The zero-order chi connectivity index (χ0) is 11.9. The Morgan fingerprint density at radius 1 is 1.18 bits per heavy atom. The van der Waals surface area contributed by atoms with Crippen molar-refractivity contribution >= 4 is 0 Å². The molecule has 1 heterocycles. The number of nitrogens with zero attached hydrogens (tertiary/aromatic N) is 2. The molecule has 1 atom stereocenters. The molecule has 1 aromatic carbocycles. The maximum absolute atomic E-state index is 5.56. The molecule has 0 bridgehead atoms. The van der Waals surface area contributed by atoms with Gasteiger partial charge in [-0.2, -0.15) is 0 Å². The molecule has 2 rings (SSSR count). The number of benzene rings is 1. The Kier molecular flexibility index (Phi) is 4.18. The van der Waals surface area contributed by atoms with Crippen molar-refractivity contribution in [3.8, 4) is 0 Å². The molecule has 0 spiro atoms. The number of nitrogens with two attached hydrogens (primary N) is 1. The monoisotopic (exact) mass is 228 g/mol. The average Bonchev–Trinajstić information content (AvgIpc) is 2.42. The highest BCUT2D eigenvalue weighted by Gasteiger charge is 2.10. The second-order valence-corrected chi connectivity index (χ2v) is 3.88. The Morgan fingerprint density at radius 3 is 2.65 bits per heavy atom. The topological polar surface area (TPSA) is 63.8 Å². The fourth-order valence-electron chi connectivity index (χ4n) is 1.78. The van der Waals surface area contributed by atoms with Gasteiger partial charge in [0.25, 0.3) is 0 Å². The van der Waals surface area contributed by atoms with Crippen molar-refractivity contribution in [2.75, 3.05) is 0 Å². The van der Waals surface area contributed by atoms with Crippen molar-refractivity contribution in [2.24, 2.45) is 5.84 Å². The number of aromatic nitrogens is 2. The summed E-state index contributed by atoms with van der Waals surface area (Å²) in [5.74, 6) is 5.56. The van der Waals surface area contributed by atoms with Crippen molar-refractivity contribution in [2.45, 2.75) is 18.9 Å². The normalized spacial score (nSPS) is 12.3. The van der Waals surface area contributed by atoms with Crippen LogP contribution in [0.3, 0.4) is 0 Å². The lowest BCUT2D eigenvalue weighted by atomic mass is 10.0. The lowest BCUT2D eigenvalue weighted by Gasteiger charge is -2.14. The van der Waals surface area contributed by atoms with Gasteiger partial charge in [-0.1, -0.05) is 30.3 Å². The van der Waals surface area contributed by atoms with Gasteiger partial charge in [-0.05, 0) is 24.5 Å². The molecule has 1 unspecified atom stereocenters. The van der Waals surface area contributed by atoms with Crippen LogP contribution in [0.2, 0.25) is 0 Å². The second-order valence-electron chi connectivity index (χ2n) is 3.88. The van der Waals surface area contributed by atoms with Gasteiger partial charge in [0.2, 0.25) is 0 Å². The summed E-state index contributed by atoms with van der Waals surface area (Å²) in [6, 6.07) is 12.3. The molecule has 0 saturated heterocycles. The molecule has 0 saturated carbocycles. The Labute approximate surface area is 101 Å². The van der Waals surface area contributed by atoms with Crippen molar-refractivity contribution in [3.05, 3.63) is 60.2 Å². The van der Waals surface area contributed by atoms with Crippen molar-refractivity contribution < 1.29 is 0 Å². The summed E-state index contributed by atoms with van der Waals surface area (Å²) < 4.78 is 0. The second kappa shape index (κ2) is 6.08. The summed E-state index contributed by atoms with van der Waals surface area (Å²) in [6.07, 6.45) is 5.16. The first-order chi connectivity index (χ1) is 8.40. The first kappa shape index (κ1) is 11.7. The molecule has 0 aliphatic carbocycles. The first-order valence-corrected chi connectivity index (χ1v) is 5.66. The molecule has 17 heavy (non-hydrogen) atoms. The van der Waals surface area contributed by atoms with Gasteiger partial charge >= 0.3 is 0 Å². The third kappa shape index (κ3) is 3.34. The van der Waals surface area contributed by atoms with Crippen LogP contribution < -0.4 is 11.3 Å². The van der Waals surface area contributed by atoms with Crippen LogP contribution in [0.1, 0.15) is 23.7 Å². The quantitative estimate of drug-likeness (QED) is 0.603. The van der Waals surface area contributed by atoms with Crippen LogP contribution in [-0.2, 0) is 6.42 Å². The molecule has 4 heteroatoms. The minimum atomic E-state index is 0.0678. The van der Waals surface area contributed by atoms with Crippen LogP contribution in [0.15, 0.2) is 48.9 Å². The van der Waals surface area contributed by atoms with E-state index in [0.29, 0.717) is 0 Å². The van der Waals surface area contributed by atoms with E-state index in [1.807, 2.05) is 24.3 Å². The molecule has 0 aliphatic heterocycles. The van der Waals surface area contributed by atoms with Crippen molar-refractivity contribution in [3.63, 3.8) is 0 Å². The molecule has 0 fully saturated rings. The first-order valence-electron chi connectivity index (χ1n) is 5.66. The number of hydrogen-bond acceptors (Lipinski definition) is 4. The van der Waals surface area contributed by atoms with E-state index in [0.717, 1.165) is 18.5 Å². The SMILES string of the molecule is NNC(CCc1ccccc1)c1ccncn1. The predicted octanol–water partition coefficient (Wildman–Crippen LogP) is 1.61. The van der Waals surface area contributed by atoms with E-state index >= 15 is 0 Å². The molecule has 2 aromatic rings. The van der Waals surface area contributed by atoms with Gasteiger partial charge in [0.05, 0.1) is 11.7 Å². The number of nitrogens with one attached hydrogen (secondary N) is 1. The minimum Gasteiger partial charge on any atom is -0.271 e. The maximum Gasteiger partial charge on any atom is 0.115 e. The molecular formula is C13H16N4. The summed E-state index contributed by atoms with van der Waals surface area (Å²) in [7, 11) is 0. The Hall–Kier alpha value is -1.78. The van der Waals surface area contributed by atoms with Gasteiger partial charge in [-0.15, -0.1) is 0 Å². The predicted molar refractivity (Wildman–Crippen MR) is 66.9 cm³/mol. The van der Waals surface area contributed by atoms with Crippen molar-refractivity contribution in [1.29, 1.82) is 0 Å². The summed E-state index contributed by atoms with van der Waals surface area (Å²) in [5.41, 5.74) is 5.03. The summed E-state index contributed by atoms with van der Waals surface area (Å²) in [4.78, 5) is 8.11. The number of hydrazine groups is 1. The lowest BCUT2D eigenvalue weighted by Crippen LogP contribution is -2.29. The van der Waals surface area contributed by atoms with Gasteiger partial charge in [0.1, 0.15) is 6.33 Å². The van der Waals surface area contributed by atoms with E-state index in [-0.39, 0.29) is 6.04 Å². The summed E-state index contributed by atoms with van der Waals surface area (Å²) >= 11 is 0. The third-order valence-electron chi connectivity index (χ3n) is 2.73. The van der Waals surface area contributed by atoms with Crippen LogP contribution in [0, 0.1) is 0 Å². The zero-order valence-electron chi connectivity index (χ0n) is 9.58. The van der Waals surface area contributed by atoms with Crippen molar-refractivity contribution in [1.82, 2.24) is 15.4 Å². The van der Waals surface area contributed by atoms with E-state index in [2.05, 4.69) is 27.5 Å².